The molecule has 2 aromatic rings. The minimum atomic E-state index is 0.716. The summed E-state index contributed by atoms with van der Waals surface area (Å²) in [6.45, 7) is 4.76. The lowest BCUT2D eigenvalue weighted by molar-refractivity contribution is 0.748. The van der Waals surface area contributed by atoms with E-state index in [-0.39, 0.29) is 0 Å². The Kier molecular flexibility index (Phi) is 2.73. The molecule has 15 heavy (non-hydrogen) atoms. The zero-order chi connectivity index (χ0) is 10.8. The molecule has 0 aliphatic carbocycles. The fraction of sp³-hybridized carbons (Fsp3) is 0.273. The highest BCUT2D eigenvalue weighted by Gasteiger charge is 2.03. The van der Waals surface area contributed by atoms with Crippen molar-refractivity contribution in [1.82, 2.24) is 14.5 Å². The van der Waals surface area contributed by atoms with Gasteiger partial charge in [-0.25, -0.2) is 4.98 Å². The number of rotatable bonds is 2. The number of nitrogens with zero attached hydrogens (tertiary/aromatic N) is 3. The van der Waals surface area contributed by atoms with Crippen molar-refractivity contribution in [3.63, 3.8) is 0 Å². The van der Waals surface area contributed by atoms with Gasteiger partial charge in [0.2, 0.25) is 0 Å². The summed E-state index contributed by atoms with van der Waals surface area (Å²) in [6.07, 6.45) is 3.55. The van der Waals surface area contributed by atoms with Gasteiger partial charge >= 0.3 is 0 Å². The lowest BCUT2D eigenvalue weighted by Crippen LogP contribution is -2.02. The first-order valence-electron chi connectivity index (χ1n) is 4.75. The Morgan fingerprint density at radius 3 is 2.73 bits per heavy atom. The quantitative estimate of drug-likeness (QED) is 0.781. The highest BCUT2D eigenvalue weighted by molar-refractivity contribution is 6.30. The maximum absolute atomic E-state index is 5.89. The molecule has 4 heteroatoms. The third-order valence-corrected chi connectivity index (χ3v) is 2.69. The van der Waals surface area contributed by atoms with Crippen molar-refractivity contribution in [2.45, 2.75) is 20.4 Å². The van der Waals surface area contributed by atoms with Crippen molar-refractivity contribution >= 4 is 11.6 Å². The van der Waals surface area contributed by atoms with Crippen LogP contribution in [0.2, 0.25) is 5.02 Å². The molecule has 3 nitrogen and oxygen atoms in total. The monoisotopic (exact) mass is 221 g/mol. The predicted octanol–water partition coefficient (Wildman–Crippen LogP) is 2.60. The molecule has 0 unspecified atom stereocenters. The lowest BCUT2D eigenvalue weighted by atomic mass is 10.3. The van der Waals surface area contributed by atoms with Crippen molar-refractivity contribution in [2.24, 2.45) is 0 Å². The van der Waals surface area contributed by atoms with Gasteiger partial charge in [0, 0.05) is 16.9 Å². The minimum Gasteiger partial charge on any atom is -0.329 e. The Morgan fingerprint density at radius 1 is 1.33 bits per heavy atom. The molecule has 0 spiro atoms. The lowest BCUT2D eigenvalue weighted by Gasteiger charge is -2.04. The molecular weight excluding hydrogens is 210 g/mol. The molecule has 0 atom stereocenters. The van der Waals surface area contributed by atoms with Gasteiger partial charge < -0.3 is 4.57 Å². The normalized spacial score (nSPS) is 10.6. The largest absolute Gasteiger partial charge is 0.329 e. The van der Waals surface area contributed by atoms with E-state index in [9.17, 15) is 0 Å². The van der Waals surface area contributed by atoms with E-state index in [1.807, 2.05) is 26.2 Å². The van der Waals surface area contributed by atoms with Crippen LogP contribution in [0.3, 0.4) is 0 Å². The first-order valence-corrected chi connectivity index (χ1v) is 5.13. The second-order valence-electron chi connectivity index (χ2n) is 3.51. The second kappa shape index (κ2) is 4.03. The van der Waals surface area contributed by atoms with E-state index < -0.39 is 0 Å². The maximum Gasteiger partial charge on any atom is 0.0955 e. The molecule has 78 valence electrons. The summed E-state index contributed by atoms with van der Waals surface area (Å²) in [5.74, 6) is 0. The topological polar surface area (TPSA) is 30.7 Å². The average Bonchev–Trinajstić information content (AvgIpc) is 2.50. The molecule has 0 radical (unpaired) electrons. The van der Waals surface area contributed by atoms with E-state index in [1.54, 1.807) is 12.3 Å². The van der Waals surface area contributed by atoms with E-state index in [0.717, 1.165) is 22.1 Å². The van der Waals surface area contributed by atoms with Crippen molar-refractivity contribution in [3.05, 3.63) is 46.8 Å². The molecule has 0 bridgehead atoms. The smallest absolute Gasteiger partial charge is 0.0955 e. The van der Waals surface area contributed by atoms with Gasteiger partial charge in [-0.3, -0.25) is 4.98 Å². The zero-order valence-corrected chi connectivity index (χ0v) is 9.49. The average molecular weight is 222 g/mol. The van der Waals surface area contributed by atoms with Crippen LogP contribution in [0.4, 0.5) is 0 Å². The predicted molar refractivity (Wildman–Crippen MR) is 60.1 cm³/mol. The second-order valence-corrected chi connectivity index (χ2v) is 3.95. The summed E-state index contributed by atoms with van der Waals surface area (Å²) in [5, 5.41) is 0.717. The fourth-order valence-electron chi connectivity index (χ4n) is 1.41. The Hall–Kier alpha value is -1.35. The number of hydrogen-bond donors (Lipinski definition) is 0. The van der Waals surface area contributed by atoms with E-state index in [4.69, 9.17) is 11.6 Å². The van der Waals surface area contributed by atoms with Crippen LogP contribution in [0.5, 0.6) is 0 Å². The third-order valence-electron chi connectivity index (χ3n) is 2.46. The molecule has 0 aliphatic rings. The van der Waals surface area contributed by atoms with Gasteiger partial charge in [-0.1, -0.05) is 11.6 Å². The molecule has 0 saturated carbocycles. The minimum absolute atomic E-state index is 0.716. The number of aromatic nitrogens is 3. The Balaban J connectivity index is 2.26. The maximum atomic E-state index is 5.89. The molecular formula is C11H12ClN3. The first kappa shape index (κ1) is 10.2. The van der Waals surface area contributed by atoms with Crippen LogP contribution in [-0.2, 0) is 6.54 Å². The van der Waals surface area contributed by atoms with Crippen LogP contribution in [0.15, 0.2) is 24.7 Å². The summed E-state index contributed by atoms with van der Waals surface area (Å²) in [4.78, 5) is 8.49. The molecule has 2 rings (SSSR count). The zero-order valence-electron chi connectivity index (χ0n) is 8.74. The van der Waals surface area contributed by atoms with Crippen LogP contribution in [0.1, 0.15) is 17.1 Å². The SMILES string of the molecule is Cc1ncn(Cc2cc(Cl)ccn2)c1C. The van der Waals surface area contributed by atoms with Crippen LogP contribution in [0.25, 0.3) is 0 Å². The van der Waals surface area contributed by atoms with E-state index in [1.165, 1.54) is 0 Å². The molecule has 0 aliphatic heterocycles. The van der Waals surface area contributed by atoms with Crippen molar-refractivity contribution in [1.29, 1.82) is 0 Å². The van der Waals surface area contributed by atoms with Gasteiger partial charge in [-0.2, -0.15) is 0 Å². The van der Waals surface area contributed by atoms with Gasteiger partial charge in [0.25, 0.3) is 0 Å². The Morgan fingerprint density at radius 2 is 2.13 bits per heavy atom. The summed E-state index contributed by atoms with van der Waals surface area (Å²) >= 11 is 5.89. The van der Waals surface area contributed by atoms with E-state index in [2.05, 4.69) is 14.5 Å². The summed E-state index contributed by atoms with van der Waals surface area (Å²) in [7, 11) is 0. The number of aryl methyl sites for hydroxylation is 1. The van der Waals surface area contributed by atoms with Gasteiger partial charge in [0.1, 0.15) is 0 Å². The van der Waals surface area contributed by atoms with Gasteiger partial charge in [-0.15, -0.1) is 0 Å². The molecule has 0 amide bonds. The fourth-order valence-corrected chi connectivity index (χ4v) is 1.60. The number of halogens is 1. The number of pyridine rings is 1. The van der Waals surface area contributed by atoms with Crippen LogP contribution in [-0.4, -0.2) is 14.5 Å². The van der Waals surface area contributed by atoms with Crippen molar-refractivity contribution in [2.75, 3.05) is 0 Å². The summed E-state index contributed by atoms with van der Waals surface area (Å²) < 4.78 is 2.06. The highest BCUT2D eigenvalue weighted by atomic mass is 35.5. The molecule has 2 aromatic heterocycles. The molecule has 2 heterocycles. The summed E-state index contributed by atoms with van der Waals surface area (Å²) in [6, 6.07) is 3.65. The van der Waals surface area contributed by atoms with Crippen LogP contribution in [0, 0.1) is 13.8 Å². The standard InChI is InChI=1S/C11H12ClN3/c1-8-9(2)15(7-14-8)6-11-5-10(12)3-4-13-11/h3-5,7H,6H2,1-2H3. The number of hydrogen-bond acceptors (Lipinski definition) is 2. The van der Waals surface area contributed by atoms with Crippen molar-refractivity contribution in [3.8, 4) is 0 Å². The molecule has 0 saturated heterocycles. The summed E-state index contributed by atoms with van der Waals surface area (Å²) in [5.41, 5.74) is 3.16. The Bertz CT molecular complexity index is 476. The first-order chi connectivity index (χ1) is 7.16. The third kappa shape index (κ3) is 2.18. The van der Waals surface area contributed by atoms with Gasteiger partial charge in [-0.05, 0) is 26.0 Å². The van der Waals surface area contributed by atoms with Crippen LogP contribution >= 0.6 is 11.6 Å². The molecule has 0 aromatic carbocycles. The van der Waals surface area contributed by atoms with Crippen LogP contribution < -0.4 is 0 Å². The van der Waals surface area contributed by atoms with E-state index in [0.29, 0.717) is 6.54 Å². The Labute approximate surface area is 93.7 Å². The molecule has 0 fully saturated rings. The van der Waals surface area contributed by atoms with Gasteiger partial charge in [0.05, 0.1) is 24.3 Å². The van der Waals surface area contributed by atoms with E-state index >= 15 is 0 Å². The van der Waals surface area contributed by atoms with Gasteiger partial charge in [0.15, 0.2) is 0 Å². The molecule has 0 N–H and O–H groups in total. The highest BCUT2D eigenvalue weighted by Crippen LogP contribution is 2.11. The van der Waals surface area contributed by atoms with Crippen molar-refractivity contribution < 1.29 is 0 Å². The number of imidazole rings is 1.